The Morgan fingerprint density at radius 3 is 2.69 bits per heavy atom. The number of methoxy groups -OCH3 is 1. The van der Waals surface area contributed by atoms with E-state index < -0.39 is 0 Å². The number of aromatic nitrogens is 3. The molecule has 0 atom stereocenters. The number of benzene rings is 2. The van der Waals surface area contributed by atoms with Crippen LogP contribution >= 0.6 is 23.4 Å². The van der Waals surface area contributed by atoms with Gasteiger partial charge in [0.15, 0.2) is 5.16 Å². The Kier molecular flexibility index (Phi) is 7.71. The zero-order chi connectivity index (χ0) is 22.3. The molecule has 168 valence electrons. The number of amides is 1. The topological polar surface area (TPSA) is 69.0 Å². The van der Waals surface area contributed by atoms with Gasteiger partial charge in [0.1, 0.15) is 11.6 Å². The Balaban J connectivity index is 1.49. The standard InChI is InChI=1S/C24H27ClN4O2S/c1-31-21-13-12-18(25)15-20(21)26-23(30)16-32-24-28-27-22(14-17-8-4-2-5-9-17)29(24)19-10-6-3-7-11-19/h2,4-5,8-9,12-13,15,19H,3,6-7,10-11,14,16H2,1H3,(H,26,30). The van der Waals surface area contributed by atoms with Gasteiger partial charge in [-0.2, -0.15) is 0 Å². The van der Waals surface area contributed by atoms with Crippen molar-refractivity contribution in [3.05, 3.63) is 64.9 Å². The van der Waals surface area contributed by atoms with Gasteiger partial charge in [-0.25, -0.2) is 0 Å². The van der Waals surface area contributed by atoms with Gasteiger partial charge >= 0.3 is 0 Å². The first-order valence-electron chi connectivity index (χ1n) is 10.9. The van der Waals surface area contributed by atoms with E-state index >= 15 is 0 Å². The normalized spacial score (nSPS) is 14.3. The van der Waals surface area contributed by atoms with Crippen molar-refractivity contribution in [1.29, 1.82) is 0 Å². The molecule has 1 saturated carbocycles. The summed E-state index contributed by atoms with van der Waals surface area (Å²) < 4.78 is 7.58. The molecule has 3 aromatic rings. The number of hydrogen-bond donors (Lipinski definition) is 1. The van der Waals surface area contributed by atoms with Crippen LogP contribution in [0.4, 0.5) is 5.69 Å². The summed E-state index contributed by atoms with van der Waals surface area (Å²) in [6.45, 7) is 0. The first kappa shape index (κ1) is 22.7. The molecular formula is C24H27ClN4O2S. The Hall–Kier alpha value is -2.51. The molecule has 0 saturated heterocycles. The lowest BCUT2D eigenvalue weighted by atomic mass is 9.95. The SMILES string of the molecule is COc1ccc(Cl)cc1NC(=O)CSc1nnc(Cc2ccccc2)n1C1CCCCC1. The van der Waals surface area contributed by atoms with E-state index in [1.807, 2.05) is 18.2 Å². The predicted molar refractivity (Wildman–Crippen MR) is 129 cm³/mol. The van der Waals surface area contributed by atoms with Crippen LogP contribution in [0.5, 0.6) is 5.75 Å². The van der Waals surface area contributed by atoms with Crippen molar-refractivity contribution in [3.8, 4) is 5.75 Å². The summed E-state index contributed by atoms with van der Waals surface area (Å²) >= 11 is 7.49. The molecule has 32 heavy (non-hydrogen) atoms. The van der Waals surface area contributed by atoms with Gasteiger partial charge in [-0.3, -0.25) is 4.79 Å². The number of carbonyl (C=O) groups is 1. The molecular weight excluding hydrogens is 444 g/mol. The highest BCUT2D eigenvalue weighted by Crippen LogP contribution is 2.33. The molecule has 4 rings (SSSR count). The summed E-state index contributed by atoms with van der Waals surface area (Å²) in [6, 6.07) is 15.9. The summed E-state index contributed by atoms with van der Waals surface area (Å²) in [4.78, 5) is 12.7. The highest BCUT2D eigenvalue weighted by atomic mass is 35.5. The van der Waals surface area contributed by atoms with Crippen LogP contribution in [-0.4, -0.2) is 33.5 Å². The fraction of sp³-hybridized carbons (Fsp3) is 0.375. The van der Waals surface area contributed by atoms with Gasteiger partial charge in [0, 0.05) is 17.5 Å². The second kappa shape index (κ2) is 10.9. The van der Waals surface area contributed by atoms with E-state index in [0.717, 1.165) is 30.2 Å². The van der Waals surface area contributed by atoms with Crippen LogP contribution in [0.25, 0.3) is 0 Å². The lowest BCUT2D eigenvalue weighted by Gasteiger charge is -2.25. The number of rotatable bonds is 8. The van der Waals surface area contributed by atoms with Crippen LogP contribution in [0.3, 0.4) is 0 Å². The summed E-state index contributed by atoms with van der Waals surface area (Å²) in [6.07, 6.45) is 6.69. The summed E-state index contributed by atoms with van der Waals surface area (Å²) in [5.74, 6) is 1.62. The first-order valence-corrected chi connectivity index (χ1v) is 12.2. The molecule has 1 heterocycles. The maximum absolute atomic E-state index is 12.7. The summed E-state index contributed by atoms with van der Waals surface area (Å²) in [5.41, 5.74) is 1.77. The zero-order valence-corrected chi connectivity index (χ0v) is 19.7. The number of halogens is 1. The third-order valence-electron chi connectivity index (χ3n) is 5.65. The van der Waals surface area contributed by atoms with Crippen LogP contribution in [0.1, 0.15) is 49.5 Å². The van der Waals surface area contributed by atoms with Gasteiger partial charge in [-0.1, -0.05) is 73.0 Å². The Labute approximate surface area is 197 Å². The number of carbonyl (C=O) groups excluding carboxylic acids is 1. The van der Waals surface area contributed by atoms with Crippen LogP contribution < -0.4 is 10.1 Å². The fourth-order valence-corrected chi connectivity index (χ4v) is 5.10. The van der Waals surface area contributed by atoms with Gasteiger partial charge in [0.2, 0.25) is 5.91 Å². The highest BCUT2D eigenvalue weighted by molar-refractivity contribution is 7.99. The molecule has 1 amide bonds. The molecule has 1 aromatic heterocycles. The van der Waals surface area contributed by atoms with E-state index in [2.05, 4.69) is 32.2 Å². The molecule has 1 N–H and O–H groups in total. The van der Waals surface area contributed by atoms with Crippen LogP contribution in [0.15, 0.2) is 53.7 Å². The smallest absolute Gasteiger partial charge is 0.234 e. The van der Waals surface area contributed by atoms with E-state index in [1.54, 1.807) is 25.3 Å². The van der Waals surface area contributed by atoms with Crippen molar-refractivity contribution in [2.75, 3.05) is 18.2 Å². The number of nitrogens with zero attached hydrogens (tertiary/aromatic N) is 3. The molecule has 0 aliphatic heterocycles. The lowest BCUT2D eigenvalue weighted by Crippen LogP contribution is -2.18. The van der Waals surface area contributed by atoms with Crippen LogP contribution in [0.2, 0.25) is 5.02 Å². The van der Waals surface area contributed by atoms with Gasteiger partial charge in [-0.15, -0.1) is 10.2 Å². The second-order valence-electron chi connectivity index (χ2n) is 7.90. The summed E-state index contributed by atoms with van der Waals surface area (Å²) in [5, 5.41) is 13.2. The number of ether oxygens (including phenoxy) is 1. The quantitative estimate of drug-likeness (QED) is 0.423. The lowest BCUT2D eigenvalue weighted by molar-refractivity contribution is -0.113. The van der Waals surface area contributed by atoms with E-state index in [0.29, 0.717) is 22.5 Å². The van der Waals surface area contributed by atoms with Crippen molar-refractivity contribution < 1.29 is 9.53 Å². The average Bonchev–Trinajstić information content (AvgIpc) is 3.21. The molecule has 8 heteroatoms. The maximum Gasteiger partial charge on any atom is 0.234 e. The van der Waals surface area contributed by atoms with Gasteiger partial charge in [-0.05, 0) is 36.6 Å². The molecule has 0 spiro atoms. The average molecular weight is 471 g/mol. The minimum Gasteiger partial charge on any atom is -0.495 e. The second-order valence-corrected chi connectivity index (χ2v) is 9.28. The van der Waals surface area contributed by atoms with Crippen molar-refractivity contribution in [1.82, 2.24) is 14.8 Å². The zero-order valence-electron chi connectivity index (χ0n) is 18.1. The minimum atomic E-state index is -0.140. The molecule has 1 fully saturated rings. The molecule has 0 bridgehead atoms. The monoisotopic (exact) mass is 470 g/mol. The molecule has 2 aromatic carbocycles. The van der Waals surface area contributed by atoms with Gasteiger partial charge in [0.05, 0.1) is 18.6 Å². The molecule has 1 aliphatic rings. The Bertz CT molecular complexity index is 1050. The van der Waals surface area contributed by atoms with Crippen molar-refractivity contribution in [3.63, 3.8) is 0 Å². The Morgan fingerprint density at radius 2 is 1.94 bits per heavy atom. The van der Waals surface area contributed by atoms with E-state index in [-0.39, 0.29) is 11.7 Å². The van der Waals surface area contributed by atoms with E-state index in [1.165, 1.54) is 36.6 Å². The van der Waals surface area contributed by atoms with Crippen LogP contribution in [-0.2, 0) is 11.2 Å². The van der Waals surface area contributed by atoms with Crippen molar-refractivity contribution in [2.24, 2.45) is 0 Å². The third kappa shape index (κ3) is 5.64. The molecule has 0 unspecified atom stereocenters. The third-order valence-corrected chi connectivity index (χ3v) is 6.83. The van der Waals surface area contributed by atoms with Gasteiger partial charge < -0.3 is 14.6 Å². The minimum absolute atomic E-state index is 0.140. The number of thioether (sulfide) groups is 1. The van der Waals surface area contributed by atoms with E-state index in [4.69, 9.17) is 16.3 Å². The molecule has 0 radical (unpaired) electrons. The first-order chi connectivity index (χ1) is 15.6. The number of hydrogen-bond acceptors (Lipinski definition) is 5. The fourth-order valence-electron chi connectivity index (χ4n) is 4.11. The molecule has 1 aliphatic carbocycles. The van der Waals surface area contributed by atoms with E-state index in [9.17, 15) is 4.79 Å². The van der Waals surface area contributed by atoms with Crippen LogP contribution in [0, 0.1) is 0 Å². The molecule has 6 nitrogen and oxygen atoms in total. The number of anilines is 1. The predicted octanol–water partition coefficient (Wildman–Crippen LogP) is 5.77. The van der Waals surface area contributed by atoms with Crippen molar-refractivity contribution >= 4 is 35.0 Å². The summed E-state index contributed by atoms with van der Waals surface area (Å²) in [7, 11) is 1.56. The number of nitrogens with one attached hydrogen (secondary N) is 1. The van der Waals surface area contributed by atoms with Crippen molar-refractivity contribution in [2.45, 2.75) is 49.7 Å². The maximum atomic E-state index is 12.7. The Morgan fingerprint density at radius 1 is 1.16 bits per heavy atom. The highest BCUT2D eigenvalue weighted by Gasteiger charge is 2.23. The largest absolute Gasteiger partial charge is 0.495 e. The van der Waals surface area contributed by atoms with Gasteiger partial charge in [0.25, 0.3) is 0 Å².